The summed E-state index contributed by atoms with van der Waals surface area (Å²) in [5.41, 5.74) is 2.03. The quantitative estimate of drug-likeness (QED) is 0.243. The van der Waals surface area contributed by atoms with Crippen LogP contribution in [0.2, 0.25) is 0 Å². The van der Waals surface area contributed by atoms with Crippen LogP contribution in [0.15, 0.2) is 48.5 Å². The Morgan fingerprint density at radius 2 is 1.94 bits per heavy atom. The molecule has 11 heteroatoms. The third kappa shape index (κ3) is 7.61. The van der Waals surface area contributed by atoms with Gasteiger partial charge < -0.3 is 24.3 Å². The maximum atomic E-state index is 14.3. The van der Waals surface area contributed by atoms with Crippen molar-refractivity contribution in [3.8, 4) is 23.8 Å². The summed E-state index contributed by atoms with van der Waals surface area (Å²) in [6.07, 6.45) is 2.75. The molecule has 2 N–H and O–H groups in total. The zero-order chi connectivity index (χ0) is 33.1. The molecule has 0 spiro atoms. The fraction of sp³-hybridized carbons (Fsp3) is 0.389. The number of aromatic nitrogens is 3. The van der Waals surface area contributed by atoms with E-state index in [4.69, 9.17) is 24.7 Å². The number of rotatable bonds is 9. The number of nitrogens with zero attached hydrogens (tertiary/aromatic N) is 5. The third-order valence-electron chi connectivity index (χ3n) is 8.55. The van der Waals surface area contributed by atoms with Gasteiger partial charge in [0.2, 0.25) is 5.88 Å². The van der Waals surface area contributed by atoms with E-state index in [2.05, 4.69) is 21.3 Å². The molecule has 0 radical (unpaired) electrons. The van der Waals surface area contributed by atoms with Crippen LogP contribution in [0.25, 0.3) is 11.0 Å². The van der Waals surface area contributed by atoms with Crippen LogP contribution in [0.4, 0.5) is 4.39 Å². The fourth-order valence-corrected chi connectivity index (χ4v) is 5.89. The van der Waals surface area contributed by atoms with Crippen LogP contribution in [0.1, 0.15) is 77.6 Å². The highest BCUT2D eigenvalue weighted by Gasteiger charge is 2.27. The molecule has 2 saturated heterocycles. The molecule has 0 amide bonds. The largest absolute Gasteiger partial charge is 0.478 e. The second-order valence-electron chi connectivity index (χ2n) is 12.6. The Balaban J connectivity index is 1.16. The Kier molecular flexibility index (Phi) is 9.24. The molecule has 6 rings (SSSR count). The zero-order valence-corrected chi connectivity index (χ0v) is 26.4. The Labute approximate surface area is 272 Å². The van der Waals surface area contributed by atoms with E-state index >= 15 is 0 Å². The first-order valence-corrected chi connectivity index (χ1v) is 15.7. The van der Waals surface area contributed by atoms with Crippen LogP contribution < -0.4 is 4.74 Å². The van der Waals surface area contributed by atoms with Gasteiger partial charge in [-0.05, 0) is 76.5 Å². The van der Waals surface area contributed by atoms with E-state index in [1.54, 1.807) is 44.2 Å². The number of carboxylic acid groups (broad SMARTS) is 1. The van der Waals surface area contributed by atoms with Crippen molar-refractivity contribution in [3.05, 3.63) is 88.1 Å². The Bertz CT molecular complexity index is 1900. The molecular weight excluding hydrogens is 601 g/mol. The lowest BCUT2D eigenvalue weighted by molar-refractivity contribution is -0.0592. The van der Waals surface area contributed by atoms with E-state index in [9.17, 15) is 19.4 Å². The number of ether oxygens (including phenoxy) is 2. The number of carboxylic acids is 1. The number of aromatic carboxylic acids is 1. The van der Waals surface area contributed by atoms with Crippen molar-refractivity contribution in [1.82, 2.24) is 19.4 Å². The lowest BCUT2D eigenvalue weighted by Crippen LogP contribution is -2.35. The van der Waals surface area contributed by atoms with Crippen molar-refractivity contribution >= 4 is 17.0 Å². The summed E-state index contributed by atoms with van der Waals surface area (Å²) < 4.78 is 27.9. The number of hydrogen-bond donors (Lipinski definition) is 2. The highest BCUT2D eigenvalue weighted by molar-refractivity contribution is 5.96. The normalized spacial score (nSPS) is 17.0. The topological polar surface area (TPSA) is 134 Å². The first-order chi connectivity index (χ1) is 22.6. The molecule has 47 heavy (non-hydrogen) atoms. The molecule has 4 aromatic rings. The van der Waals surface area contributed by atoms with Crippen molar-refractivity contribution < 1.29 is 28.9 Å². The van der Waals surface area contributed by atoms with E-state index in [0.29, 0.717) is 42.2 Å². The highest BCUT2D eigenvalue weighted by Crippen LogP contribution is 2.30. The average Bonchev–Trinajstić information content (AvgIpc) is 3.36. The van der Waals surface area contributed by atoms with Crippen LogP contribution in [0.5, 0.6) is 5.88 Å². The Morgan fingerprint density at radius 1 is 1.15 bits per heavy atom. The van der Waals surface area contributed by atoms with Gasteiger partial charge in [0.1, 0.15) is 23.8 Å². The number of pyridine rings is 1. The number of aliphatic hydroxyl groups is 1. The second-order valence-corrected chi connectivity index (χ2v) is 12.6. The number of likely N-dealkylation sites (tertiary alicyclic amines) is 1. The number of fused-ring (bicyclic) bond motifs is 1. The van der Waals surface area contributed by atoms with Gasteiger partial charge in [-0.15, -0.1) is 0 Å². The summed E-state index contributed by atoms with van der Waals surface area (Å²) in [6.45, 7) is 6.64. The minimum atomic E-state index is -1.27. The first kappa shape index (κ1) is 32.1. The van der Waals surface area contributed by atoms with Crippen molar-refractivity contribution in [2.75, 3.05) is 19.7 Å². The van der Waals surface area contributed by atoms with Gasteiger partial charge in [0.25, 0.3) is 0 Å². The first-order valence-electron chi connectivity index (χ1n) is 15.7. The average molecular weight is 638 g/mol. The van der Waals surface area contributed by atoms with E-state index in [1.165, 1.54) is 6.07 Å². The summed E-state index contributed by atoms with van der Waals surface area (Å²) in [5, 5.41) is 29.0. The van der Waals surface area contributed by atoms with Crippen molar-refractivity contribution in [1.29, 1.82) is 5.26 Å². The van der Waals surface area contributed by atoms with Gasteiger partial charge in [0.15, 0.2) is 0 Å². The lowest BCUT2D eigenvalue weighted by atomic mass is 9.93. The Hall–Kier alpha value is -4.81. The molecule has 0 saturated carbocycles. The molecule has 2 aliphatic rings. The maximum Gasteiger partial charge on any atom is 0.337 e. The van der Waals surface area contributed by atoms with Gasteiger partial charge in [-0.3, -0.25) is 4.90 Å². The van der Waals surface area contributed by atoms with Gasteiger partial charge in [0, 0.05) is 35.4 Å². The van der Waals surface area contributed by atoms with Crippen LogP contribution in [0.3, 0.4) is 0 Å². The molecule has 2 aliphatic heterocycles. The molecular formula is C36H36FN5O5. The minimum Gasteiger partial charge on any atom is -0.478 e. The second kappa shape index (κ2) is 13.5. The molecule has 1 atom stereocenters. The van der Waals surface area contributed by atoms with Gasteiger partial charge >= 0.3 is 5.97 Å². The summed E-state index contributed by atoms with van der Waals surface area (Å²) in [7, 11) is 0. The number of imidazole rings is 1. The Morgan fingerprint density at radius 3 is 2.60 bits per heavy atom. The van der Waals surface area contributed by atoms with Crippen LogP contribution in [-0.2, 0) is 24.4 Å². The van der Waals surface area contributed by atoms with Gasteiger partial charge in [-0.25, -0.2) is 19.2 Å². The van der Waals surface area contributed by atoms with Crippen LogP contribution in [0, 0.1) is 29.0 Å². The van der Waals surface area contributed by atoms with Gasteiger partial charge in [-0.1, -0.05) is 24.0 Å². The molecule has 2 aromatic carbocycles. The number of hydrogen-bond acceptors (Lipinski definition) is 8. The van der Waals surface area contributed by atoms with Crippen molar-refractivity contribution in [2.24, 2.45) is 0 Å². The smallest absolute Gasteiger partial charge is 0.337 e. The monoisotopic (exact) mass is 637 g/mol. The lowest BCUT2D eigenvalue weighted by Gasteiger charge is -2.32. The number of nitriles is 1. The molecule has 2 fully saturated rings. The summed E-state index contributed by atoms with van der Waals surface area (Å²) in [6, 6.07) is 15.2. The van der Waals surface area contributed by atoms with E-state index in [1.807, 2.05) is 18.2 Å². The molecule has 242 valence electrons. The predicted octanol–water partition coefficient (Wildman–Crippen LogP) is 5.01. The molecule has 4 heterocycles. The van der Waals surface area contributed by atoms with Crippen molar-refractivity contribution in [3.63, 3.8) is 0 Å². The maximum absolute atomic E-state index is 14.3. The highest BCUT2D eigenvalue weighted by atomic mass is 19.1. The van der Waals surface area contributed by atoms with Crippen molar-refractivity contribution in [2.45, 2.75) is 70.4 Å². The summed E-state index contributed by atoms with van der Waals surface area (Å²) >= 11 is 0. The molecule has 2 aromatic heterocycles. The molecule has 10 nitrogen and oxygen atoms in total. The van der Waals surface area contributed by atoms with E-state index in [-0.39, 0.29) is 29.8 Å². The van der Waals surface area contributed by atoms with Gasteiger partial charge in [0.05, 0.1) is 47.4 Å². The van der Waals surface area contributed by atoms with E-state index < -0.39 is 17.4 Å². The molecule has 0 bridgehead atoms. The number of benzene rings is 2. The minimum absolute atomic E-state index is 0.0147. The SMILES string of the molecule is CC(C)(O)C#Cc1cc2nc(CN3CCC(c4cccc(OCc5ccc(C#N)cc5F)n4)CC3)n(C[C@@H]3CCO3)c2cc1C(=O)O. The van der Waals surface area contributed by atoms with E-state index in [0.717, 1.165) is 49.4 Å². The third-order valence-corrected chi connectivity index (χ3v) is 8.55. The zero-order valence-electron chi connectivity index (χ0n) is 26.4. The molecule has 0 unspecified atom stereocenters. The number of piperidine rings is 1. The van der Waals surface area contributed by atoms with Crippen LogP contribution >= 0.6 is 0 Å². The predicted molar refractivity (Wildman–Crippen MR) is 171 cm³/mol. The summed E-state index contributed by atoms with van der Waals surface area (Å²) in [5.74, 6) is 5.48. The molecule has 0 aliphatic carbocycles. The number of halogens is 1. The van der Waals surface area contributed by atoms with Gasteiger partial charge in [-0.2, -0.15) is 5.26 Å². The summed E-state index contributed by atoms with van der Waals surface area (Å²) in [4.78, 5) is 24.2. The van der Waals surface area contributed by atoms with Crippen LogP contribution in [-0.4, -0.2) is 67.0 Å². The fourth-order valence-electron chi connectivity index (χ4n) is 5.89. The number of carbonyl (C=O) groups is 1. The standard InChI is InChI=1S/C36H36FN5O5/c1-36(2,45)12-8-25-17-31-32(18-28(25)35(43)44)42(20-27-11-15-46-27)33(39-31)21-41-13-9-24(10-14-41)30-4-3-5-34(40-30)47-22-26-7-6-23(19-38)16-29(26)37/h3-7,16-18,24,27,45H,9-11,13-15,20-22H2,1-2H3,(H,43,44)/t27-/m0/s1.